The monoisotopic (exact) mass is 206 g/mol. The van der Waals surface area contributed by atoms with Crippen LogP contribution in [0.1, 0.15) is 26.3 Å². The van der Waals surface area contributed by atoms with Crippen LogP contribution < -0.4 is 0 Å². The largest absolute Gasteiger partial charge is 0.457 e. The first-order valence-electron chi connectivity index (χ1n) is 4.55. The summed E-state index contributed by atoms with van der Waals surface area (Å²) in [5, 5.41) is 0. The Morgan fingerprint density at radius 1 is 1.53 bits per heavy atom. The minimum atomic E-state index is -0.426. The number of fused-ring (bicyclic) bond motifs is 1. The Balaban J connectivity index is 2.45. The number of methoxy groups -OCH3 is 1. The van der Waals surface area contributed by atoms with Crippen molar-refractivity contribution in [3.8, 4) is 0 Å². The van der Waals surface area contributed by atoms with Crippen LogP contribution in [0.2, 0.25) is 0 Å². The predicted molar refractivity (Wildman–Crippen MR) is 51.8 cm³/mol. The molecule has 1 aromatic rings. The number of esters is 1. The van der Waals surface area contributed by atoms with Gasteiger partial charge in [0.2, 0.25) is 0 Å². The highest BCUT2D eigenvalue weighted by atomic mass is 16.5. The molecule has 0 aromatic heterocycles. The number of hydrogen-bond donors (Lipinski definition) is 0. The van der Waals surface area contributed by atoms with Crippen molar-refractivity contribution in [3.63, 3.8) is 0 Å². The maximum atomic E-state index is 11.6. The average molecular weight is 206 g/mol. The third-order valence-electron chi connectivity index (χ3n) is 2.29. The minimum absolute atomic E-state index is 0.0241. The van der Waals surface area contributed by atoms with E-state index in [1.165, 1.54) is 7.11 Å². The summed E-state index contributed by atoms with van der Waals surface area (Å²) in [5.41, 5.74) is 1.54. The summed E-state index contributed by atoms with van der Waals surface area (Å²) in [6.45, 7) is 0.228. The van der Waals surface area contributed by atoms with Crippen LogP contribution in [-0.2, 0) is 16.1 Å². The molecule has 4 nitrogen and oxygen atoms in total. The summed E-state index contributed by atoms with van der Waals surface area (Å²) in [6.07, 6.45) is 0. The van der Waals surface area contributed by atoms with Crippen LogP contribution in [0.5, 0.6) is 0 Å². The molecule has 0 atom stereocenters. The first-order valence-corrected chi connectivity index (χ1v) is 4.55. The van der Waals surface area contributed by atoms with Gasteiger partial charge in [0.1, 0.15) is 13.2 Å². The first-order chi connectivity index (χ1) is 7.24. The van der Waals surface area contributed by atoms with E-state index >= 15 is 0 Å². The average Bonchev–Trinajstić information content (AvgIpc) is 2.61. The molecule has 4 heteroatoms. The van der Waals surface area contributed by atoms with Crippen molar-refractivity contribution in [1.29, 1.82) is 0 Å². The molecule has 0 bridgehead atoms. The number of cyclic esters (lactones) is 1. The van der Waals surface area contributed by atoms with E-state index in [0.29, 0.717) is 11.1 Å². The van der Waals surface area contributed by atoms with Crippen molar-refractivity contribution in [2.24, 2.45) is 0 Å². The minimum Gasteiger partial charge on any atom is -0.457 e. The lowest BCUT2D eigenvalue weighted by atomic mass is 10.0. The summed E-state index contributed by atoms with van der Waals surface area (Å²) in [7, 11) is 1.44. The van der Waals surface area contributed by atoms with Crippen molar-refractivity contribution in [1.82, 2.24) is 0 Å². The van der Waals surface area contributed by atoms with Crippen LogP contribution in [0.3, 0.4) is 0 Å². The lowest BCUT2D eigenvalue weighted by molar-refractivity contribution is 0.0532. The van der Waals surface area contributed by atoms with Gasteiger partial charge in [-0.25, -0.2) is 4.79 Å². The third-order valence-corrected chi connectivity index (χ3v) is 2.29. The molecule has 0 radical (unpaired) electrons. The number of carbonyl (C=O) groups excluding carboxylic acids is 2. The van der Waals surface area contributed by atoms with Crippen molar-refractivity contribution in [3.05, 3.63) is 34.9 Å². The SMILES string of the molecule is COCC(=O)c1cccc2c1C(=O)OC2. The number of ketones is 1. The van der Waals surface area contributed by atoms with Crippen LogP contribution >= 0.6 is 0 Å². The van der Waals surface area contributed by atoms with E-state index in [1.807, 2.05) is 0 Å². The number of ether oxygens (including phenoxy) is 2. The summed E-state index contributed by atoms with van der Waals surface area (Å²) in [4.78, 5) is 23.0. The van der Waals surface area contributed by atoms with Crippen LogP contribution in [0.15, 0.2) is 18.2 Å². The second kappa shape index (κ2) is 3.82. The van der Waals surface area contributed by atoms with E-state index in [1.54, 1.807) is 18.2 Å². The van der Waals surface area contributed by atoms with Crippen molar-refractivity contribution < 1.29 is 19.1 Å². The zero-order valence-corrected chi connectivity index (χ0v) is 8.28. The molecule has 0 N–H and O–H groups in total. The second-order valence-electron chi connectivity index (χ2n) is 3.27. The van der Waals surface area contributed by atoms with Gasteiger partial charge in [0.25, 0.3) is 0 Å². The van der Waals surface area contributed by atoms with Crippen LogP contribution in [0.4, 0.5) is 0 Å². The first kappa shape index (κ1) is 9.86. The molecule has 0 fully saturated rings. The fraction of sp³-hybridized carbons (Fsp3) is 0.273. The summed E-state index contributed by atoms with van der Waals surface area (Å²) in [6, 6.07) is 5.14. The van der Waals surface area contributed by atoms with Crippen molar-refractivity contribution in [2.45, 2.75) is 6.61 Å². The van der Waals surface area contributed by atoms with Crippen molar-refractivity contribution >= 4 is 11.8 Å². The van der Waals surface area contributed by atoms with Crippen LogP contribution in [0.25, 0.3) is 0 Å². The van der Waals surface area contributed by atoms with E-state index in [4.69, 9.17) is 9.47 Å². The van der Waals surface area contributed by atoms with Gasteiger partial charge in [-0.1, -0.05) is 18.2 Å². The number of hydrogen-bond acceptors (Lipinski definition) is 4. The Kier molecular flexibility index (Phi) is 2.51. The molecule has 0 saturated heterocycles. The van der Waals surface area contributed by atoms with Crippen molar-refractivity contribution in [2.75, 3.05) is 13.7 Å². The Bertz CT molecular complexity index is 423. The highest BCUT2D eigenvalue weighted by Crippen LogP contribution is 2.23. The molecule has 15 heavy (non-hydrogen) atoms. The lowest BCUT2D eigenvalue weighted by Gasteiger charge is -2.03. The maximum Gasteiger partial charge on any atom is 0.339 e. The number of carbonyl (C=O) groups is 2. The lowest BCUT2D eigenvalue weighted by Crippen LogP contribution is -2.12. The Morgan fingerprint density at radius 3 is 3.07 bits per heavy atom. The molecule has 78 valence electrons. The molecule has 1 heterocycles. The zero-order valence-electron chi connectivity index (χ0n) is 8.28. The number of benzene rings is 1. The molecule has 0 saturated carbocycles. The summed E-state index contributed by atoms with van der Waals surface area (Å²) >= 11 is 0. The van der Waals surface area contributed by atoms with Crippen LogP contribution in [0, 0.1) is 0 Å². The van der Waals surface area contributed by atoms with Gasteiger partial charge in [-0.05, 0) is 0 Å². The standard InChI is InChI=1S/C11H10O4/c1-14-6-9(12)8-4-2-3-7-5-15-11(13)10(7)8/h2-4H,5-6H2,1H3. The van der Waals surface area contributed by atoms with E-state index in [-0.39, 0.29) is 19.0 Å². The highest BCUT2D eigenvalue weighted by Gasteiger charge is 2.26. The van der Waals surface area contributed by atoms with Gasteiger partial charge in [-0.2, -0.15) is 0 Å². The molecule has 2 rings (SSSR count). The highest BCUT2D eigenvalue weighted by molar-refractivity contribution is 6.08. The summed E-state index contributed by atoms with van der Waals surface area (Å²) < 4.78 is 9.61. The second-order valence-corrected chi connectivity index (χ2v) is 3.27. The van der Waals surface area contributed by atoms with Gasteiger partial charge in [0.15, 0.2) is 5.78 Å². The van der Waals surface area contributed by atoms with Crippen LogP contribution in [-0.4, -0.2) is 25.5 Å². The number of Topliss-reactive ketones (excluding diaryl/α,β-unsaturated/α-hetero) is 1. The topological polar surface area (TPSA) is 52.6 Å². The van der Waals surface area contributed by atoms with Gasteiger partial charge in [0, 0.05) is 18.2 Å². The molecule has 1 aliphatic heterocycles. The third kappa shape index (κ3) is 1.64. The van der Waals surface area contributed by atoms with Gasteiger partial charge < -0.3 is 9.47 Å². The van der Waals surface area contributed by atoms with Gasteiger partial charge in [-0.15, -0.1) is 0 Å². The van der Waals surface area contributed by atoms with E-state index < -0.39 is 5.97 Å². The molecular formula is C11H10O4. The van der Waals surface area contributed by atoms with E-state index in [9.17, 15) is 9.59 Å². The zero-order chi connectivity index (χ0) is 10.8. The van der Waals surface area contributed by atoms with E-state index in [0.717, 1.165) is 5.56 Å². The van der Waals surface area contributed by atoms with E-state index in [2.05, 4.69) is 0 Å². The number of rotatable bonds is 3. The smallest absolute Gasteiger partial charge is 0.339 e. The Labute approximate surface area is 86.8 Å². The molecular weight excluding hydrogens is 196 g/mol. The Hall–Kier alpha value is -1.68. The predicted octanol–water partition coefficient (Wildman–Crippen LogP) is 1.19. The maximum absolute atomic E-state index is 11.6. The van der Waals surface area contributed by atoms with Gasteiger partial charge in [0.05, 0.1) is 5.56 Å². The quantitative estimate of drug-likeness (QED) is 0.550. The molecule has 1 aromatic carbocycles. The van der Waals surface area contributed by atoms with Gasteiger partial charge >= 0.3 is 5.97 Å². The van der Waals surface area contributed by atoms with Gasteiger partial charge in [-0.3, -0.25) is 4.79 Å². The molecule has 1 aliphatic rings. The fourth-order valence-electron chi connectivity index (χ4n) is 1.62. The summed E-state index contributed by atoms with van der Waals surface area (Å²) in [5.74, 6) is -0.627. The fourth-order valence-corrected chi connectivity index (χ4v) is 1.62. The Morgan fingerprint density at radius 2 is 2.33 bits per heavy atom. The molecule has 0 spiro atoms. The molecule has 0 amide bonds. The normalized spacial score (nSPS) is 13.5. The molecule has 0 unspecified atom stereocenters. The molecule has 0 aliphatic carbocycles.